The van der Waals surface area contributed by atoms with E-state index < -0.39 is 58.7 Å². The lowest BCUT2D eigenvalue weighted by atomic mass is 9.67. The first kappa shape index (κ1) is 44.0. The second-order valence-electron chi connectivity index (χ2n) is 15.0. The Kier molecular flexibility index (Phi) is 15.4. The molecule has 0 aromatic heterocycles. The van der Waals surface area contributed by atoms with Crippen LogP contribution >= 0.6 is 0 Å². The van der Waals surface area contributed by atoms with Crippen molar-refractivity contribution in [2.24, 2.45) is 23.2 Å². The minimum atomic E-state index is -1.30. The fourth-order valence-electron chi connectivity index (χ4n) is 7.26. The van der Waals surface area contributed by atoms with Gasteiger partial charge in [0.2, 0.25) is 23.6 Å². The van der Waals surface area contributed by atoms with Crippen molar-refractivity contribution in [3.8, 4) is 0 Å². The zero-order valence-corrected chi connectivity index (χ0v) is 33.3. The number of carbonyl (C=O) groups excluding carboxylic acids is 9. The number of imide groups is 2. The van der Waals surface area contributed by atoms with Gasteiger partial charge in [-0.2, -0.15) is 0 Å². The maximum atomic E-state index is 14.1. The summed E-state index contributed by atoms with van der Waals surface area (Å²) in [5.41, 5.74) is 0.0764. The maximum Gasteiger partial charge on any atom is 0.333 e. The molecule has 57 heavy (non-hydrogen) atoms. The minimum Gasteiger partial charge on any atom is -0.356 e. The topological polar surface area (TPSA) is 197 Å². The first-order valence-electron chi connectivity index (χ1n) is 19.5. The monoisotopic (exact) mass is 787 g/mol. The van der Waals surface area contributed by atoms with Crippen LogP contribution in [0.15, 0.2) is 54.6 Å². The van der Waals surface area contributed by atoms with Crippen LogP contribution in [0.25, 0.3) is 0 Å². The number of unbranched alkanes of at least 4 members (excludes halogenated alkanes) is 2. The van der Waals surface area contributed by atoms with Crippen molar-refractivity contribution < 1.29 is 48.0 Å². The van der Waals surface area contributed by atoms with Gasteiger partial charge in [-0.15, -0.1) is 5.06 Å². The first-order chi connectivity index (χ1) is 27.1. The summed E-state index contributed by atoms with van der Waals surface area (Å²) < 4.78 is 0. The number of hydroxylamine groups is 2. The second-order valence-corrected chi connectivity index (χ2v) is 15.0. The predicted octanol–water partition coefficient (Wildman–Crippen LogP) is 3.45. The van der Waals surface area contributed by atoms with Crippen LogP contribution in [0.5, 0.6) is 0 Å². The molecule has 306 valence electrons. The smallest absolute Gasteiger partial charge is 0.333 e. The van der Waals surface area contributed by atoms with Gasteiger partial charge in [-0.3, -0.25) is 43.3 Å². The fraction of sp³-hybridized carbons (Fsp3) is 0.500. The highest BCUT2D eigenvalue weighted by atomic mass is 16.7. The zero-order chi connectivity index (χ0) is 41.9. The molecule has 0 bridgehead atoms. The number of nitrogens with one attached hydrogen (secondary N) is 2. The number of carbonyl (C=O) groups is 9. The summed E-state index contributed by atoms with van der Waals surface area (Å²) in [5.74, 6) is -6.51. The van der Waals surface area contributed by atoms with Gasteiger partial charge in [0.1, 0.15) is 0 Å². The molecule has 0 radical (unpaired) electrons. The highest BCUT2D eigenvalue weighted by Crippen LogP contribution is 2.45. The van der Waals surface area contributed by atoms with Gasteiger partial charge in [0, 0.05) is 75.6 Å². The van der Waals surface area contributed by atoms with E-state index in [0.29, 0.717) is 47.4 Å². The van der Waals surface area contributed by atoms with Gasteiger partial charge in [-0.05, 0) is 51.2 Å². The molecule has 0 spiro atoms. The van der Waals surface area contributed by atoms with Crippen LogP contribution in [0.2, 0.25) is 0 Å². The summed E-state index contributed by atoms with van der Waals surface area (Å²) in [4.78, 5) is 123. The van der Waals surface area contributed by atoms with E-state index in [4.69, 9.17) is 4.84 Å². The molecule has 2 fully saturated rings. The number of hydrogen-bond donors (Lipinski definition) is 2. The van der Waals surface area contributed by atoms with Gasteiger partial charge < -0.3 is 20.4 Å². The molecule has 7 amide bonds. The number of rotatable bonds is 20. The molecule has 0 aliphatic carbocycles. The largest absolute Gasteiger partial charge is 0.356 e. The molecule has 2 N–H and O–H groups in total. The number of amides is 7. The van der Waals surface area contributed by atoms with Crippen molar-refractivity contribution >= 4 is 53.1 Å². The summed E-state index contributed by atoms with van der Waals surface area (Å²) in [6.45, 7) is 5.58. The Morgan fingerprint density at radius 1 is 0.807 bits per heavy atom. The van der Waals surface area contributed by atoms with Gasteiger partial charge in [0.15, 0.2) is 5.78 Å². The predicted molar refractivity (Wildman–Crippen MR) is 206 cm³/mol. The molecule has 2 aromatic rings. The van der Waals surface area contributed by atoms with Crippen LogP contribution in [0.3, 0.4) is 0 Å². The van der Waals surface area contributed by atoms with E-state index in [2.05, 4.69) is 10.6 Å². The Bertz CT molecular complexity index is 1830. The summed E-state index contributed by atoms with van der Waals surface area (Å²) in [6, 6.07) is 15.2. The lowest BCUT2D eigenvalue weighted by molar-refractivity contribution is -0.197. The van der Waals surface area contributed by atoms with Gasteiger partial charge >= 0.3 is 5.97 Å². The lowest BCUT2D eigenvalue weighted by Crippen LogP contribution is -2.49. The van der Waals surface area contributed by atoms with E-state index in [1.807, 2.05) is 6.07 Å². The molecule has 0 saturated carbocycles. The van der Waals surface area contributed by atoms with Crippen molar-refractivity contribution in [2.45, 2.75) is 78.6 Å². The van der Waals surface area contributed by atoms with Gasteiger partial charge in [0.05, 0.1) is 17.3 Å². The highest BCUT2D eigenvalue weighted by molar-refractivity contribution is 6.09. The third kappa shape index (κ3) is 10.8. The molecule has 2 aliphatic heterocycles. The Morgan fingerprint density at radius 2 is 1.40 bits per heavy atom. The van der Waals surface area contributed by atoms with Crippen LogP contribution in [-0.2, 0) is 38.4 Å². The van der Waals surface area contributed by atoms with E-state index in [0.717, 1.165) is 4.90 Å². The van der Waals surface area contributed by atoms with Crippen molar-refractivity contribution in [3.63, 3.8) is 0 Å². The zero-order valence-electron chi connectivity index (χ0n) is 33.3. The fourth-order valence-corrected chi connectivity index (χ4v) is 7.26. The lowest BCUT2D eigenvalue weighted by Gasteiger charge is -2.35. The van der Waals surface area contributed by atoms with Crippen LogP contribution in [-0.4, -0.2) is 102 Å². The number of likely N-dealkylation sites (tertiary alicyclic amines) is 1. The molecular formula is C42H53N5O10. The summed E-state index contributed by atoms with van der Waals surface area (Å²) in [5, 5.41) is 6.19. The van der Waals surface area contributed by atoms with E-state index in [1.165, 1.54) is 4.90 Å². The molecule has 2 saturated heterocycles. The van der Waals surface area contributed by atoms with Gasteiger partial charge in [-0.1, -0.05) is 62.7 Å². The first-order valence-corrected chi connectivity index (χ1v) is 19.5. The maximum absolute atomic E-state index is 14.1. The SMILES string of the molecule is CCC(C)(C(=O)NCCCNC(=O)c1ccc(C(=O)c2ccccc2)cc1)C1C(=O)N(CCCCCC(=O)ON2C(=O)CCC2=O)C(=O)C1CC(C)C(=O)N(C)C. The molecule has 2 heterocycles. The van der Waals surface area contributed by atoms with E-state index in [-0.39, 0.29) is 69.3 Å². The quantitative estimate of drug-likeness (QED) is 0.114. The number of nitrogens with zero attached hydrogens (tertiary/aromatic N) is 3. The molecule has 2 aromatic carbocycles. The van der Waals surface area contributed by atoms with Crippen LogP contribution in [0.4, 0.5) is 0 Å². The van der Waals surface area contributed by atoms with Gasteiger partial charge in [-0.25, -0.2) is 4.79 Å². The van der Waals surface area contributed by atoms with Crippen molar-refractivity contribution in [2.75, 3.05) is 33.7 Å². The van der Waals surface area contributed by atoms with E-state index in [9.17, 15) is 43.2 Å². The average molecular weight is 788 g/mol. The van der Waals surface area contributed by atoms with E-state index >= 15 is 0 Å². The third-order valence-electron chi connectivity index (χ3n) is 10.8. The summed E-state index contributed by atoms with van der Waals surface area (Å²) >= 11 is 0. The Hall–Kier alpha value is -5.73. The average Bonchev–Trinajstić information content (AvgIpc) is 3.64. The highest BCUT2D eigenvalue weighted by Gasteiger charge is 2.57. The van der Waals surface area contributed by atoms with Gasteiger partial charge in [0.25, 0.3) is 17.7 Å². The number of ketones is 1. The minimum absolute atomic E-state index is 0.00887. The standard InChI is InChI=1S/C42H53N5O10/c1-6-42(3,41(56)44-24-13-23-43-37(52)30-19-17-29(18-20-30)36(51)28-14-9-7-10-15-28)35-31(26-27(2)38(53)45(4)5)39(54)46(40(35)55)25-12-8-11-16-34(50)57-47-32(48)21-22-33(47)49/h7,9-10,14-15,17-20,27,31,35H,6,8,11-13,16,21-26H2,1-5H3,(H,43,52)(H,44,56). The number of hydrogen-bond acceptors (Lipinski definition) is 10. The molecule has 2 aliphatic rings. The Balaban J connectivity index is 1.32. The van der Waals surface area contributed by atoms with Crippen LogP contribution in [0.1, 0.15) is 105 Å². The molecule has 15 heteroatoms. The molecule has 4 rings (SSSR count). The molecular weight excluding hydrogens is 734 g/mol. The van der Waals surface area contributed by atoms with Crippen molar-refractivity contribution in [3.05, 3.63) is 71.3 Å². The van der Waals surface area contributed by atoms with Crippen LogP contribution < -0.4 is 10.6 Å². The van der Waals surface area contributed by atoms with E-state index in [1.54, 1.807) is 83.4 Å². The van der Waals surface area contributed by atoms with Crippen LogP contribution in [0, 0.1) is 23.2 Å². The third-order valence-corrected chi connectivity index (χ3v) is 10.8. The van der Waals surface area contributed by atoms with Crippen molar-refractivity contribution in [1.29, 1.82) is 0 Å². The molecule has 15 nitrogen and oxygen atoms in total. The number of benzene rings is 2. The molecule has 4 unspecified atom stereocenters. The molecule has 4 atom stereocenters. The van der Waals surface area contributed by atoms with Crippen molar-refractivity contribution in [1.82, 2.24) is 25.5 Å². The summed E-state index contributed by atoms with van der Waals surface area (Å²) in [7, 11) is 3.22. The Morgan fingerprint density at radius 3 is 2.02 bits per heavy atom. The summed E-state index contributed by atoms with van der Waals surface area (Å²) in [6.07, 6.45) is 1.69. The Labute approximate surface area is 332 Å². The second kappa shape index (κ2) is 19.9. The normalized spacial score (nSPS) is 18.3.